The van der Waals surface area contributed by atoms with Gasteiger partial charge in [-0.1, -0.05) is 165 Å². The monoisotopic (exact) mass is 665 g/mol. The first-order valence-electron chi connectivity index (χ1n) is 18.8. The average molecular weight is 666 g/mol. The Morgan fingerprint density at radius 3 is 1.71 bits per heavy atom. The average Bonchev–Trinajstić information content (AvgIpc) is 3.22. The lowest BCUT2D eigenvalue weighted by molar-refractivity contribution is 0.445. The van der Waals surface area contributed by atoms with Crippen molar-refractivity contribution in [3.8, 4) is 44.6 Å². The normalized spacial score (nSPS) is 13.7. The second-order valence-electron chi connectivity index (χ2n) is 14.5. The molecule has 0 atom stereocenters. The van der Waals surface area contributed by atoms with E-state index in [1.54, 1.807) is 0 Å². The third kappa shape index (κ3) is 5.19. The van der Waals surface area contributed by atoms with E-state index in [9.17, 15) is 0 Å². The second kappa shape index (κ2) is 12.9. The standard InChI is InChI=1S/C51H39N/c1-2-14-34(15-3-1)40-28-29-48(42-22-7-6-21-41(40)42)51-46-25-10-8-23-44(46)50(45-24-9-11-26-47(45)51)38-19-12-18-36(32-38)37-30-31-52-49(33-37)43-27-13-17-35-16-4-5-20-39(35)43/h4-13,16-34H,1-3,14-15H2. The fourth-order valence-electron chi connectivity index (χ4n) is 9.10. The van der Waals surface area contributed by atoms with E-state index in [0.717, 1.165) is 16.8 Å². The summed E-state index contributed by atoms with van der Waals surface area (Å²) < 4.78 is 0. The Bertz CT molecular complexity index is 2720. The summed E-state index contributed by atoms with van der Waals surface area (Å²) in [7, 11) is 0. The summed E-state index contributed by atoms with van der Waals surface area (Å²) in [5, 5.41) is 10.4. The zero-order valence-corrected chi connectivity index (χ0v) is 29.2. The molecule has 1 saturated carbocycles. The Morgan fingerprint density at radius 1 is 0.385 bits per heavy atom. The van der Waals surface area contributed by atoms with E-state index >= 15 is 0 Å². The van der Waals surface area contributed by atoms with Crippen LogP contribution in [0.2, 0.25) is 0 Å². The quantitative estimate of drug-likeness (QED) is 0.167. The van der Waals surface area contributed by atoms with E-state index in [2.05, 4.69) is 164 Å². The minimum atomic E-state index is 0.652. The number of hydrogen-bond donors (Lipinski definition) is 0. The Labute approximate surface area is 305 Å². The minimum absolute atomic E-state index is 0.652. The summed E-state index contributed by atoms with van der Waals surface area (Å²) in [6, 6.07) is 60.6. The van der Waals surface area contributed by atoms with Crippen LogP contribution in [-0.2, 0) is 0 Å². The lowest BCUT2D eigenvalue weighted by Gasteiger charge is -2.25. The third-order valence-corrected chi connectivity index (χ3v) is 11.5. The van der Waals surface area contributed by atoms with E-state index in [4.69, 9.17) is 4.98 Å². The molecule has 0 radical (unpaired) electrons. The Kier molecular flexibility index (Phi) is 7.64. The van der Waals surface area contributed by atoms with Crippen LogP contribution in [0, 0.1) is 0 Å². The maximum Gasteiger partial charge on any atom is 0.0714 e. The summed E-state index contributed by atoms with van der Waals surface area (Å²) in [6.45, 7) is 0. The molecule has 10 rings (SSSR count). The maximum absolute atomic E-state index is 4.84. The molecule has 0 amide bonds. The van der Waals surface area contributed by atoms with Crippen molar-refractivity contribution in [3.63, 3.8) is 0 Å². The molecule has 0 unspecified atom stereocenters. The van der Waals surface area contributed by atoms with Crippen molar-refractivity contribution < 1.29 is 0 Å². The van der Waals surface area contributed by atoms with Crippen LogP contribution in [0.4, 0.5) is 0 Å². The van der Waals surface area contributed by atoms with E-state index < -0.39 is 0 Å². The topological polar surface area (TPSA) is 12.9 Å². The molecule has 0 aliphatic heterocycles. The molecule has 0 bridgehead atoms. The summed E-state index contributed by atoms with van der Waals surface area (Å²) >= 11 is 0. The molecule has 1 heterocycles. The number of pyridine rings is 1. The van der Waals surface area contributed by atoms with Crippen molar-refractivity contribution in [2.45, 2.75) is 38.0 Å². The van der Waals surface area contributed by atoms with Crippen molar-refractivity contribution in [3.05, 3.63) is 176 Å². The Balaban J connectivity index is 1.15. The van der Waals surface area contributed by atoms with Crippen LogP contribution >= 0.6 is 0 Å². The van der Waals surface area contributed by atoms with Crippen molar-refractivity contribution >= 4 is 43.1 Å². The number of hydrogen-bond acceptors (Lipinski definition) is 1. The van der Waals surface area contributed by atoms with Crippen molar-refractivity contribution in [2.75, 3.05) is 0 Å². The van der Waals surface area contributed by atoms with Gasteiger partial charge in [-0.3, -0.25) is 4.98 Å². The molecule has 0 spiro atoms. The van der Waals surface area contributed by atoms with Crippen LogP contribution in [-0.4, -0.2) is 4.98 Å². The molecular formula is C51H39N. The zero-order chi connectivity index (χ0) is 34.4. The smallest absolute Gasteiger partial charge is 0.0714 e. The summed E-state index contributed by atoms with van der Waals surface area (Å²) in [5.41, 5.74) is 11.2. The zero-order valence-electron chi connectivity index (χ0n) is 29.2. The van der Waals surface area contributed by atoms with E-state index in [1.165, 1.54) is 109 Å². The van der Waals surface area contributed by atoms with Gasteiger partial charge in [0, 0.05) is 11.8 Å². The first-order valence-corrected chi connectivity index (χ1v) is 18.8. The highest BCUT2D eigenvalue weighted by atomic mass is 14.7. The van der Waals surface area contributed by atoms with Gasteiger partial charge in [0.25, 0.3) is 0 Å². The van der Waals surface area contributed by atoms with Gasteiger partial charge in [-0.2, -0.15) is 0 Å². The van der Waals surface area contributed by atoms with Gasteiger partial charge in [0.1, 0.15) is 0 Å². The highest BCUT2D eigenvalue weighted by Crippen LogP contribution is 2.47. The van der Waals surface area contributed by atoms with Crippen molar-refractivity contribution in [2.24, 2.45) is 0 Å². The maximum atomic E-state index is 4.84. The van der Waals surface area contributed by atoms with Gasteiger partial charge in [0.2, 0.25) is 0 Å². The molecule has 0 saturated heterocycles. The largest absolute Gasteiger partial charge is 0.256 e. The second-order valence-corrected chi connectivity index (χ2v) is 14.5. The van der Waals surface area contributed by atoms with Gasteiger partial charge < -0.3 is 0 Å². The first kappa shape index (κ1) is 30.7. The van der Waals surface area contributed by atoms with Gasteiger partial charge in [0.05, 0.1) is 5.69 Å². The summed E-state index contributed by atoms with van der Waals surface area (Å²) in [4.78, 5) is 4.84. The molecule has 0 N–H and O–H groups in total. The van der Waals surface area contributed by atoms with E-state index in [1.807, 2.05) is 6.20 Å². The summed E-state index contributed by atoms with van der Waals surface area (Å²) in [5.74, 6) is 0.652. The molecule has 1 fully saturated rings. The van der Waals surface area contributed by atoms with E-state index in [0.29, 0.717) is 5.92 Å². The number of fused-ring (bicyclic) bond motifs is 4. The fourth-order valence-corrected chi connectivity index (χ4v) is 9.10. The highest BCUT2D eigenvalue weighted by molar-refractivity contribution is 6.23. The van der Waals surface area contributed by atoms with Gasteiger partial charge in [-0.05, 0) is 119 Å². The number of aromatic nitrogens is 1. The third-order valence-electron chi connectivity index (χ3n) is 11.5. The van der Waals surface area contributed by atoms with E-state index in [-0.39, 0.29) is 0 Å². The molecule has 1 aliphatic rings. The minimum Gasteiger partial charge on any atom is -0.256 e. The van der Waals surface area contributed by atoms with Crippen LogP contribution in [0.15, 0.2) is 170 Å². The molecule has 9 aromatic rings. The van der Waals surface area contributed by atoms with Crippen molar-refractivity contribution in [1.82, 2.24) is 4.98 Å². The molecule has 1 heteroatoms. The Hall–Kier alpha value is -6.05. The van der Waals surface area contributed by atoms with Gasteiger partial charge in [0.15, 0.2) is 0 Å². The van der Waals surface area contributed by atoms with Crippen LogP contribution in [0.3, 0.4) is 0 Å². The number of nitrogens with zero attached hydrogens (tertiary/aromatic N) is 1. The van der Waals surface area contributed by atoms with Gasteiger partial charge >= 0.3 is 0 Å². The molecule has 52 heavy (non-hydrogen) atoms. The van der Waals surface area contributed by atoms with Crippen LogP contribution < -0.4 is 0 Å². The lowest BCUT2D eigenvalue weighted by atomic mass is 9.79. The molecule has 1 nitrogen and oxygen atoms in total. The fraction of sp³-hybridized carbons (Fsp3) is 0.118. The van der Waals surface area contributed by atoms with Gasteiger partial charge in [-0.25, -0.2) is 0 Å². The van der Waals surface area contributed by atoms with Crippen LogP contribution in [0.5, 0.6) is 0 Å². The highest BCUT2D eigenvalue weighted by Gasteiger charge is 2.22. The molecule has 248 valence electrons. The molecular weight excluding hydrogens is 627 g/mol. The predicted molar refractivity (Wildman–Crippen MR) is 222 cm³/mol. The molecule has 8 aromatic carbocycles. The number of benzene rings is 8. The summed E-state index contributed by atoms with van der Waals surface area (Å²) in [6.07, 6.45) is 8.59. The number of rotatable bonds is 5. The van der Waals surface area contributed by atoms with Crippen LogP contribution in [0.25, 0.3) is 87.7 Å². The van der Waals surface area contributed by atoms with Gasteiger partial charge in [-0.15, -0.1) is 0 Å². The lowest BCUT2D eigenvalue weighted by Crippen LogP contribution is -2.05. The first-order chi connectivity index (χ1) is 25.8. The Morgan fingerprint density at radius 2 is 0.962 bits per heavy atom. The molecule has 1 aromatic heterocycles. The van der Waals surface area contributed by atoms with Crippen molar-refractivity contribution in [1.29, 1.82) is 0 Å². The van der Waals surface area contributed by atoms with Crippen LogP contribution in [0.1, 0.15) is 43.6 Å². The predicted octanol–water partition coefficient (Wildman–Crippen LogP) is 14.4. The SMILES string of the molecule is c1cc(-c2ccnc(-c3cccc4ccccc34)c2)cc(-c2c3ccccc3c(-c3ccc(C4CCCCC4)c4ccccc34)c3ccccc23)c1. The molecule has 1 aliphatic carbocycles.